The van der Waals surface area contributed by atoms with Crippen LogP contribution in [-0.4, -0.2) is 53.1 Å². The first-order valence-electron chi connectivity index (χ1n) is 10.8. The molecule has 1 unspecified atom stereocenters. The summed E-state index contributed by atoms with van der Waals surface area (Å²) >= 11 is 1.35. The van der Waals surface area contributed by atoms with E-state index >= 15 is 0 Å². The number of hydrogen-bond donors (Lipinski definition) is 0. The summed E-state index contributed by atoms with van der Waals surface area (Å²) in [6.07, 6.45) is -0.232. The smallest absolute Gasteiger partial charge is 0.232 e. The van der Waals surface area contributed by atoms with Crippen molar-refractivity contribution in [3.63, 3.8) is 0 Å². The quantitative estimate of drug-likeness (QED) is 0.373. The SMILES string of the molecule is CN(CC1COc2ccccc2O1)C(=O)CSc1nnc(-c2ccc(F)cc2)c2ccccc12. The van der Waals surface area contributed by atoms with Gasteiger partial charge in [-0.25, -0.2) is 4.39 Å². The van der Waals surface area contributed by atoms with Crippen LogP contribution in [0.2, 0.25) is 0 Å². The fraction of sp³-hybridized carbons (Fsp3) is 0.192. The molecule has 1 aliphatic rings. The molecule has 1 atom stereocenters. The zero-order chi connectivity index (χ0) is 23.5. The molecule has 0 fully saturated rings. The van der Waals surface area contributed by atoms with Crippen LogP contribution in [0.3, 0.4) is 0 Å². The van der Waals surface area contributed by atoms with E-state index in [9.17, 15) is 9.18 Å². The number of carbonyl (C=O) groups excluding carboxylic acids is 1. The van der Waals surface area contributed by atoms with E-state index < -0.39 is 0 Å². The van der Waals surface area contributed by atoms with E-state index in [2.05, 4.69) is 10.2 Å². The van der Waals surface area contributed by atoms with E-state index in [1.54, 1.807) is 24.1 Å². The molecule has 2 heterocycles. The fourth-order valence-electron chi connectivity index (χ4n) is 3.81. The van der Waals surface area contributed by atoms with Crippen molar-refractivity contribution in [1.29, 1.82) is 0 Å². The molecular weight excluding hydrogens is 453 g/mol. The zero-order valence-electron chi connectivity index (χ0n) is 18.5. The highest BCUT2D eigenvalue weighted by molar-refractivity contribution is 8.00. The van der Waals surface area contributed by atoms with Gasteiger partial charge in [-0.3, -0.25) is 4.79 Å². The Balaban J connectivity index is 1.26. The van der Waals surface area contributed by atoms with Crippen LogP contribution < -0.4 is 9.47 Å². The van der Waals surface area contributed by atoms with Gasteiger partial charge in [-0.05, 0) is 36.4 Å². The molecule has 0 aliphatic carbocycles. The molecule has 0 spiro atoms. The molecule has 1 aromatic heterocycles. The van der Waals surface area contributed by atoms with Gasteiger partial charge in [-0.1, -0.05) is 48.2 Å². The highest BCUT2D eigenvalue weighted by atomic mass is 32.2. The lowest BCUT2D eigenvalue weighted by molar-refractivity contribution is -0.128. The minimum Gasteiger partial charge on any atom is -0.486 e. The molecular formula is C26H22FN3O3S. The van der Waals surface area contributed by atoms with Crippen LogP contribution in [0.1, 0.15) is 0 Å². The number of likely N-dealkylation sites (N-methyl/N-ethyl adjacent to an activating group) is 1. The molecule has 172 valence electrons. The summed E-state index contributed by atoms with van der Waals surface area (Å²) in [5.41, 5.74) is 1.46. The average molecular weight is 476 g/mol. The third kappa shape index (κ3) is 4.68. The number of para-hydroxylation sites is 2. The number of aromatic nitrogens is 2. The van der Waals surface area contributed by atoms with Crippen LogP contribution in [0.5, 0.6) is 11.5 Å². The number of benzene rings is 3. The Bertz CT molecular complexity index is 1330. The predicted octanol–water partition coefficient (Wildman–Crippen LogP) is 4.83. The van der Waals surface area contributed by atoms with Crippen LogP contribution in [-0.2, 0) is 4.79 Å². The van der Waals surface area contributed by atoms with Gasteiger partial charge >= 0.3 is 0 Å². The van der Waals surface area contributed by atoms with Gasteiger partial charge < -0.3 is 14.4 Å². The van der Waals surface area contributed by atoms with Crippen molar-refractivity contribution in [2.75, 3.05) is 26.0 Å². The van der Waals surface area contributed by atoms with Gasteiger partial charge in [-0.15, -0.1) is 10.2 Å². The lowest BCUT2D eigenvalue weighted by Gasteiger charge is -2.29. The second-order valence-electron chi connectivity index (χ2n) is 7.97. The van der Waals surface area contributed by atoms with Crippen molar-refractivity contribution in [1.82, 2.24) is 15.1 Å². The second-order valence-corrected chi connectivity index (χ2v) is 8.93. The van der Waals surface area contributed by atoms with Gasteiger partial charge in [0.2, 0.25) is 5.91 Å². The standard InChI is InChI=1S/C26H22FN3O3S/c1-30(14-19-15-32-22-8-4-5-9-23(22)33-19)24(31)16-34-26-21-7-3-2-6-20(21)25(28-29-26)17-10-12-18(27)13-11-17/h2-13,19H,14-16H2,1H3. The lowest BCUT2D eigenvalue weighted by atomic mass is 10.1. The second kappa shape index (κ2) is 9.69. The van der Waals surface area contributed by atoms with E-state index in [4.69, 9.17) is 9.47 Å². The van der Waals surface area contributed by atoms with Crippen LogP contribution in [0.15, 0.2) is 77.8 Å². The molecule has 4 aromatic rings. The summed E-state index contributed by atoms with van der Waals surface area (Å²) < 4.78 is 25.1. The van der Waals surface area contributed by atoms with Crippen molar-refractivity contribution < 1.29 is 18.7 Å². The molecule has 0 saturated heterocycles. The number of hydrogen-bond acceptors (Lipinski definition) is 6. The Morgan fingerprint density at radius 1 is 1.00 bits per heavy atom. The Kier molecular flexibility index (Phi) is 6.31. The first kappa shape index (κ1) is 22.2. The summed E-state index contributed by atoms with van der Waals surface area (Å²) in [6.45, 7) is 0.812. The topological polar surface area (TPSA) is 64.6 Å². The number of ether oxygens (including phenoxy) is 2. The van der Waals surface area contributed by atoms with Gasteiger partial charge in [0.1, 0.15) is 23.1 Å². The lowest BCUT2D eigenvalue weighted by Crippen LogP contribution is -2.42. The number of nitrogens with zero attached hydrogens (tertiary/aromatic N) is 3. The molecule has 5 rings (SSSR count). The van der Waals surface area contributed by atoms with E-state index in [1.165, 1.54) is 23.9 Å². The zero-order valence-corrected chi connectivity index (χ0v) is 19.3. The summed E-state index contributed by atoms with van der Waals surface area (Å²) in [5.74, 6) is 1.29. The molecule has 0 bridgehead atoms. The third-order valence-corrected chi connectivity index (χ3v) is 6.54. The van der Waals surface area contributed by atoms with E-state index in [1.807, 2.05) is 48.5 Å². The van der Waals surface area contributed by atoms with Crippen LogP contribution >= 0.6 is 11.8 Å². The van der Waals surface area contributed by atoms with Crippen molar-refractivity contribution in [2.24, 2.45) is 0 Å². The van der Waals surface area contributed by atoms with Crippen LogP contribution in [0.4, 0.5) is 4.39 Å². The van der Waals surface area contributed by atoms with Crippen molar-refractivity contribution in [3.05, 3.63) is 78.6 Å². The van der Waals surface area contributed by atoms with Crippen molar-refractivity contribution in [2.45, 2.75) is 11.1 Å². The number of rotatable bonds is 6. The normalized spacial score (nSPS) is 14.7. The first-order chi connectivity index (χ1) is 16.6. The highest BCUT2D eigenvalue weighted by Gasteiger charge is 2.24. The third-order valence-electron chi connectivity index (χ3n) is 5.57. The van der Waals surface area contributed by atoms with E-state index in [0.717, 1.165) is 22.1 Å². The molecule has 1 amide bonds. The van der Waals surface area contributed by atoms with Gasteiger partial charge in [0.05, 0.1) is 12.3 Å². The molecule has 1 aliphatic heterocycles. The Morgan fingerprint density at radius 2 is 1.71 bits per heavy atom. The summed E-state index contributed by atoms with van der Waals surface area (Å²) in [5, 5.41) is 11.2. The highest BCUT2D eigenvalue weighted by Crippen LogP contribution is 2.33. The molecule has 0 N–H and O–H groups in total. The summed E-state index contributed by atoms with van der Waals surface area (Å²) in [4.78, 5) is 14.5. The molecule has 0 saturated carbocycles. The Labute approximate surface area is 200 Å². The number of halogens is 1. The van der Waals surface area contributed by atoms with Crippen LogP contribution in [0, 0.1) is 5.82 Å². The minimum atomic E-state index is -0.301. The Morgan fingerprint density at radius 3 is 2.50 bits per heavy atom. The van der Waals surface area contributed by atoms with E-state index in [-0.39, 0.29) is 23.6 Å². The summed E-state index contributed by atoms with van der Waals surface area (Å²) in [7, 11) is 1.76. The van der Waals surface area contributed by atoms with Gasteiger partial charge in [-0.2, -0.15) is 0 Å². The van der Waals surface area contributed by atoms with Gasteiger partial charge in [0, 0.05) is 23.4 Å². The van der Waals surface area contributed by atoms with Gasteiger partial charge in [0.25, 0.3) is 0 Å². The van der Waals surface area contributed by atoms with E-state index in [0.29, 0.717) is 29.6 Å². The fourth-order valence-corrected chi connectivity index (χ4v) is 4.72. The largest absolute Gasteiger partial charge is 0.486 e. The van der Waals surface area contributed by atoms with Crippen molar-refractivity contribution in [3.8, 4) is 22.8 Å². The molecule has 0 radical (unpaired) electrons. The molecule has 3 aromatic carbocycles. The monoisotopic (exact) mass is 475 g/mol. The van der Waals surface area contributed by atoms with Crippen LogP contribution in [0.25, 0.3) is 22.0 Å². The minimum absolute atomic E-state index is 0.0408. The predicted molar refractivity (Wildman–Crippen MR) is 130 cm³/mol. The average Bonchev–Trinajstić information content (AvgIpc) is 2.87. The summed E-state index contributed by atoms with van der Waals surface area (Å²) in [6, 6.07) is 21.5. The number of amides is 1. The first-order valence-corrected chi connectivity index (χ1v) is 11.8. The maximum Gasteiger partial charge on any atom is 0.232 e. The molecule has 8 heteroatoms. The maximum absolute atomic E-state index is 13.3. The van der Waals surface area contributed by atoms with Crippen molar-refractivity contribution >= 4 is 28.4 Å². The Hall–Kier alpha value is -3.65. The number of fused-ring (bicyclic) bond motifs is 2. The molecule has 6 nitrogen and oxygen atoms in total. The van der Waals surface area contributed by atoms with Gasteiger partial charge in [0.15, 0.2) is 17.6 Å². The number of carbonyl (C=O) groups is 1. The number of thioether (sulfide) groups is 1. The maximum atomic E-state index is 13.3. The molecule has 34 heavy (non-hydrogen) atoms.